The minimum Gasteiger partial charge on any atom is -0.273 e. The quantitative estimate of drug-likeness (QED) is 0.673. The maximum atomic E-state index is 12.7. The number of hydrogen-bond donors (Lipinski definition) is 2. The molecule has 4 aliphatic carbocycles. The van der Waals surface area contributed by atoms with Gasteiger partial charge < -0.3 is 0 Å². The number of hydrazone groups is 1. The SMILES string of the molecule is Cc1ccc(N2N=C(C(=O)NNC(=O)CC34CC5CC(CC(C5)C3)C4)CCC2=O)cc1Cl. The van der Waals surface area contributed by atoms with Crippen LogP contribution in [0.4, 0.5) is 5.69 Å². The molecule has 8 heteroatoms. The minimum absolute atomic E-state index is 0.111. The molecule has 7 nitrogen and oxygen atoms in total. The van der Waals surface area contributed by atoms with Crippen molar-refractivity contribution < 1.29 is 14.4 Å². The fourth-order valence-electron chi connectivity index (χ4n) is 6.72. The Hall–Kier alpha value is -2.41. The smallest absolute Gasteiger partial charge is 0.273 e. The Bertz CT molecular complexity index is 970. The Balaban J connectivity index is 1.20. The van der Waals surface area contributed by atoms with E-state index in [1.54, 1.807) is 18.2 Å². The molecule has 2 N–H and O–H groups in total. The van der Waals surface area contributed by atoms with Crippen LogP contribution in [0.15, 0.2) is 23.3 Å². The van der Waals surface area contributed by atoms with Crippen molar-refractivity contribution in [2.24, 2.45) is 28.3 Å². The fraction of sp³-hybridized carbons (Fsp3) is 0.583. The fourth-order valence-corrected chi connectivity index (χ4v) is 6.90. The van der Waals surface area contributed by atoms with E-state index >= 15 is 0 Å². The minimum atomic E-state index is -0.487. The number of amides is 3. The van der Waals surface area contributed by atoms with Crippen molar-refractivity contribution in [3.05, 3.63) is 28.8 Å². The van der Waals surface area contributed by atoms with Gasteiger partial charge in [0.25, 0.3) is 5.91 Å². The van der Waals surface area contributed by atoms with Gasteiger partial charge in [0.15, 0.2) is 0 Å². The molecule has 1 aromatic carbocycles. The van der Waals surface area contributed by atoms with Crippen molar-refractivity contribution in [2.45, 2.75) is 64.7 Å². The highest BCUT2D eigenvalue weighted by Gasteiger charge is 2.51. The van der Waals surface area contributed by atoms with E-state index in [-0.39, 0.29) is 35.8 Å². The number of aryl methyl sites for hydroxylation is 1. The lowest BCUT2D eigenvalue weighted by molar-refractivity contribution is -0.132. The van der Waals surface area contributed by atoms with Gasteiger partial charge in [-0.3, -0.25) is 25.2 Å². The summed E-state index contributed by atoms with van der Waals surface area (Å²) in [5.74, 6) is 1.50. The highest BCUT2D eigenvalue weighted by atomic mass is 35.5. The Morgan fingerprint density at radius 3 is 2.38 bits per heavy atom. The number of nitrogens with zero attached hydrogens (tertiary/aromatic N) is 2. The number of hydrazine groups is 1. The van der Waals surface area contributed by atoms with Crippen LogP contribution in [-0.2, 0) is 14.4 Å². The van der Waals surface area contributed by atoms with E-state index in [0.717, 1.165) is 42.6 Å². The molecule has 0 radical (unpaired) electrons. The Morgan fingerprint density at radius 1 is 1.09 bits per heavy atom. The number of hydrogen-bond acceptors (Lipinski definition) is 4. The third-order valence-electron chi connectivity index (χ3n) is 7.71. The molecule has 0 aromatic heterocycles. The first-order chi connectivity index (χ1) is 15.3. The van der Waals surface area contributed by atoms with Crippen LogP contribution >= 0.6 is 11.6 Å². The number of benzene rings is 1. The van der Waals surface area contributed by atoms with Gasteiger partial charge in [-0.05, 0) is 86.3 Å². The number of carbonyl (C=O) groups excluding carboxylic acids is 3. The van der Waals surface area contributed by atoms with E-state index in [2.05, 4.69) is 16.0 Å². The lowest BCUT2D eigenvalue weighted by Gasteiger charge is -2.56. The van der Waals surface area contributed by atoms with E-state index in [0.29, 0.717) is 17.1 Å². The Kier molecular flexibility index (Phi) is 5.48. The topological polar surface area (TPSA) is 90.9 Å². The second kappa shape index (κ2) is 8.18. The summed E-state index contributed by atoms with van der Waals surface area (Å²) in [5.41, 5.74) is 6.83. The first kappa shape index (κ1) is 21.4. The molecule has 170 valence electrons. The highest BCUT2D eigenvalue weighted by Crippen LogP contribution is 2.61. The van der Waals surface area contributed by atoms with Crippen molar-refractivity contribution >= 4 is 40.7 Å². The van der Waals surface area contributed by atoms with Gasteiger partial charge >= 0.3 is 0 Å². The molecule has 4 fully saturated rings. The summed E-state index contributed by atoms with van der Waals surface area (Å²) in [6.45, 7) is 1.87. The summed E-state index contributed by atoms with van der Waals surface area (Å²) < 4.78 is 0. The molecule has 0 saturated heterocycles. The Morgan fingerprint density at radius 2 is 1.75 bits per heavy atom. The van der Waals surface area contributed by atoms with Crippen LogP contribution in [0.1, 0.15) is 63.4 Å². The van der Waals surface area contributed by atoms with Crippen LogP contribution in [0, 0.1) is 30.1 Å². The molecule has 0 unspecified atom stereocenters. The van der Waals surface area contributed by atoms with Crippen LogP contribution in [0.2, 0.25) is 5.02 Å². The number of nitrogens with one attached hydrogen (secondary N) is 2. The van der Waals surface area contributed by atoms with Gasteiger partial charge in [0.05, 0.1) is 5.69 Å². The second-order valence-electron chi connectivity index (χ2n) is 10.3. The van der Waals surface area contributed by atoms with E-state index in [1.165, 1.54) is 24.3 Å². The normalized spacial score (nSPS) is 30.8. The molecule has 32 heavy (non-hydrogen) atoms. The van der Waals surface area contributed by atoms with Gasteiger partial charge in [-0.25, -0.2) is 5.01 Å². The molecule has 0 atom stereocenters. The van der Waals surface area contributed by atoms with Crippen LogP contribution in [0.3, 0.4) is 0 Å². The van der Waals surface area contributed by atoms with Gasteiger partial charge in [0.1, 0.15) is 5.71 Å². The van der Waals surface area contributed by atoms with Crippen molar-refractivity contribution in [3.63, 3.8) is 0 Å². The van der Waals surface area contributed by atoms with Gasteiger partial charge in [-0.2, -0.15) is 5.10 Å². The maximum Gasteiger partial charge on any atom is 0.285 e. The van der Waals surface area contributed by atoms with Crippen molar-refractivity contribution in [2.75, 3.05) is 5.01 Å². The predicted octanol–water partition coefficient (Wildman–Crippen LogP) is 3.89. The number of carbonyl (C=O) groups is 3. The van der Waals surface area contributed by atoms with Crippen LogP contribution in [0.25, 0.3) is 0 Å². The van der Waals surface area contributed by atoms with E-state index in [4.69, 9.17) is 11.6 Å². The van der Waals surface area contributed by atoms with Crippen molar-refractivity contribution in [3.8, 4) is 0 Å². The molecule has 4 bridgehead atoms. The largest absolute Gasteiger partial charge is 0.285 e. The molecule has 3 amide bonds. The summed E-state index contributed by atoms with van der Waals surface area (Å²) in [6, 6.07) is 5.21. The van der Waals surface area contributed by atoms with Crippen LogP contribution < -0.4 is 15.9 Å². The molecule has 1 heterocycles. The van der Waals surface area contributed by atoms with Crippen LogP contribution in [0.5, 0.6) is 0 Å². The van der Waals surface area contributed by atoms with Gasteiger partial charge in [-0.1, -0.05) is 17.7 Å². The first-order valence-corrected chi connectivity index (χ1v) is 11.9. The maximum absolute atomic E-state index is 12.7. The number of halogens is 1. The lowest BCUT2D eigenvalue weighted by Crippen LogP contribution is -2.51. The second-order valence-corrected chi connectivity index (χ2v) is 10.7. The average molecular weight is 457 g/mol. The zero-order chi connectivity index (χ0) is 22.5. The third-order valence-corrected chi connectivity index (χ3v) is 8.12. The molecule has 1 aliphatic heterocycles. The summed E-state index contributed by atoms with van der Waals surface area (Å²) >= 11 is 6.18. The van der Waals surface area contributed by atoms with Gasteiger partial charge in [0.2, 0.25) is 11.8 Å². The molecule has 5 aliphatic rings. The van der Waals surface area contributed by atoms with E-state index in [9.17, 15) is 14.4 Å². The number of rotatable bonds is 4. The Labute approximate surface area is 192 Å². The molecular formula is C24H29ClN4O3. The van der Waals surface area contributed by atoms with Crippen molar-refractivity contribution in [1.29, 1.82) is 0 Å². The number of anilines is 1. The zero-order valence-electron chi connectivity index (χ0n) is 18.3. The summed E-state index contributed by atoms with van der Waals surface area (Å²) in [4.78, 5) is 37.7. The monoisotopic (exact) mass is 456 g/mol. The van der Waals surface area contributed by atoms with E-state index < -0.39 is 5.91 Å². The van der Waals surface area contributed by atoms with Crippen molar-refractivity contribution in [1.82, 2.24) is 10.9 Å². The summed E-state index contributed by atoms with van der Waals surface area (Å²) in [7, 11) is 0. The molecule has 0 spiro atoms. The molecule has 6 rings (SSSR count). The average Bonchev–Trinajstić information content (AvgIpc) is 2.73. The zero-order valence-corrected chi connectivity index (χ0v) is 19.1. The van der Waals surface area contributed by atoms with E-state index in [1.807, 2.05) is 6.92 Å². The third kappa shape index (κ3) is 4.15. The van der Waals surface area contributed by atoms with Crippen LogP contribution in [-0.4, -0.2) is 23.4 Å². The van der Waals surface area contributed by atoms with Gasteiger partial charge in [-0.15, -0.1) is 0 Å². The molecule has 4 saturated carbocycles. The molecular weight excluding hydrogens is 428 g/mol. The predicted molar refractivity (Wildman–Crippen MR) is 122 cm³/mol. The standard InChI is InChI=1S/C24H29ClN4O3/c1-14-2-3-18(9-19(14)25)29-22(31)5-4-20(28-29)23(32)27-26-21(30)13-24-10-15-6-16(11-24)8-17(7-15)12-24/h2-3,9,15-17H,4-8,10-13H2,1H3,(H,26,30)(H,27,32). The van der Waals surface area contributed by atoms with Gasteiger partial charge in [0, 0.05) is 24.3 Å². The summed E-state index contributed by atoms with van der Waals surface area (Å²) in [6.07, 6.45) is 8.28. The molecule has 1 aromatic rings. The highest BCUT2D eigenvalue weighted by molar-refractivity contribution is 6.40. The first-order valence-electron chi connectivity index (χ1n) is 11.6. The lowest BCUT2D eigenvalue weighted by atomic mass is 9.49. The summed E-state index contributed by atoms with van der Waals surface area (Å²) in [5, 5.41) is 5.98.